The number of rotatable bonds is 6. The molecular weight excluding hydrogens is 321 g/mol. The third-order valence-electron chi connectivity index (χ3n) is 4.45. The maximum atomic E-state index is 13.2. The van der Waals surface area contributed by atoms with Gasteiger partial charge in [-0.05, 0) is 49.3 Å². The van der Waals surface area contributed by atoms with Crippen molar-refractivity contribution in [1.29, 1.82) is 0 Å². The zero-order valence-corrected chi connectivity index (χ0v) is 15.1. The number of nitrogens with zero attached hydrogens (tertiary/aromatic N) is 1. The highest BCUT2D eigenvalue weighted by Crippen LogP contribution is 2.21. The normalized spacial score (nSPS) is 15.3. The topological polar surface area (TPSA) is 61.4 Å². The number of anilines is 1. The molecule has 6 heteroatoms. The molecule has 0 radical (unpaired) electrons. The van der Waals surface area contributed by atoms with E-state index >= 15 is 0 Å². The molecule has 0 unspecified atom stereocenters. The zero-order valence-electron chi connectivity index (χ0n) is 15.1. The van der Waals surface area contributed by atoms with E-state index in [9.17, 15) is 14.0 Å². The summed E-state index contributed by atoms with van der Waals surface area (Å²) in [7, 11) is 0. The Balaban J connectivity index is 1.67. The Morgan fingerprint density at radius 2 is 2.00 bits per heavy atom. The van der Waals surface area contributed by atoms with Crippen LogP contribution >= 0.6 is 0 Å². The Morgan fingerprint density at radius 3 is 2.64 bits per heavy atom. The maximum absolute atomic E-state index is 13.2. The molecule has 5 nitrogen and oxygen atoms in total. The van der Waals surface area contributed by atoms with E-state index in [2.05, 4.69) is 10.6 Å². The zero-order chi connectivity index (χ0) is 18.2. The number of hydrogen-bond acceptors (Lipinski definition) is 2. The van der Waals surface area contributed by atoms with Crippen molar-refractivity contribution in [3.05, 3.63) is 30.1 Å². The molecule has 0 aromatic heterocycles. The van der Waals surface area contributed by atoms with Gasteiger partial charge in [-0.2, -0.15) is 0 Å². The fourth-order valence-electron chi connectivity index (χ4n) is 3.05. The molecule has 1 fully saturated rings. The van der Waals surface area contributed by atoms with Crippen LogP contribution in [0.5, 0.6) is 0 Å². The highest BCUT2D eigenvalue weighted by molar-refractivity contribution is 5.89. The van der Waals surface area contributed by atoms with Crippen LogP contribution in [-0.4, -0.2) is 36.5 Å². The van der Waals surface area contributed by atoms with Crippen LogP contribution in [0.25, 0.3) is 0 Å². The second kappa shape index (κ2) is 9.39. The summed E-state index contributed by atoms with van der Waals surface area (Å²) in [5.74, 6) is 0.648. The summed E-state index contributed by atoms with van der Waals surface area (Å²) in [6.45, 7) is 6.14. The van der Waals surface area contributed by atoms with E-state index in [-0.39, 0.29) is 17.8 Å². The van der Waals surface area contributed by atoms with Gasteiger partial charge in [-0.3, -0.25) is 4.79 Å². The van der Waals surface area contributed by atoms with Gasteiger partial charge >= 0.3 is 6.03 Å². The van der Waals surface area contributed by atoms with Crippen molar-refractivity contribution in [1.82, 2.24) is 10.2 Å². The number of piperidine rings is 1. The van der Waals surface area contributed by atoms with Gasteiger partial charge in [0.05, 0.1) is 0 Å². The molecule has 0 spiro atoms. The van der Waals surface area contributed by atoms with Crippen LogP contribution in [0.15, 0.2) is 24.3 Å². The molecule has 1 aromatic carbocycles. The number of carbonyl (C=O) groups excluding carboxylic acids is 2. The molecule has 3 amide bonds. The quantitative estimate of drug-likeness (QED) is 0.824. The van der Waals surface area contributed by atoms with Crippen molar-refractivity contribution >= 4 is 17.6 Å². The minimum atomic E-state index is -0.365. The van der Waals surface area contributed by atoms with Gasteiger partial charge in [0.1, 0.15) is 5.82 Å². The molecule has 2 rings (SSSR count). The van der Waals surface area contributed by atoms with Crippen molar-refractivity contribution in [3.8, 4) is 0 Å². The monoisotopic (exact) mass is 349 g/mol. The predicted molar refractivity (Wildman–Crippen MR) is 96.8 cm³/mol. The lowest BCUT2D eigenvalue weighted by atomic mass is 9.93. The van der Waals surface area contributed by atoms with E-state index in [0.29, 0.717) is 43.6 Å². The van der Waals surface area contributed by atoms with Crippen LogP contribution in [-0.2, 0) is 4.79 Å². The van der Waals surface area contributed by atoms with Crippen LogP contribution in [0.1, 0.15) is 39.5 Å². The van der Waals surface area contributed by atoms with Gasteiger partial charge in [0.15, 0.2) is 0 Å². The van der Waals surface area contributed by atoms with Gasteiger partial charge in [0.25, 0.3) is 0 Å². The molecule has 0 saturated carbocycles. The molecule has 138 valence electrons. The average Bonchev–Trinajstić information content (AvgIpc) is 2.54. The van der Waals surface area contributed by atoms with Gasteiger partial charge in [-0.1, -0.05) is 19.9 Å². The predicted octanol–water partition coefficient (Wildman–Crippen LogP) is 3.62. The van der Waals surface area contributed by atoms with Crippen molar-refractivity contribution in [2.45, 2.75) is 39.5 Å². The summed E-state index contributed by atoms with van der Waals surface area (Å²) >= 11 is 0. The summed E-state index contributed by atoms with van der Waals surface area (Å²) in [5, 5.41) is 5.70. The Kier molecular flexibility index (Phi) is 7.22. The van der Waals surface area contributed by atoms with Gasteiger partial charge < -0.3 is 15.5 Å². The number of amides is 3. The first-order chi connectivity index (χ1) is 11.9. The van der Waals surface area contributed by atoms with Crippen molar-refractivity contribution in [2.75, 3.05) is 25.0 Å². The van der Waals surface area contributed by atoms with Crippen molar-refractivity contribution < 1.29 is 14.0 Å². The van der Waals surface area contributed by atoms with Crippen LogP contribution in [0.4, 0.5) is 14.9 Å². The van der Waals surface area contributed by atoms with Crippen LogP contribution < -0.4 is 10.6 Å². The summed E-state index contributed by atoms with van der Waals surface area (Å²) in [6, 6.07) is 5.72. The third-order valence-corrected chi connectivity index (χ3v) is 4.45. The molecule has 2 N–H and O–H groups in total. The van der Waals surface area contributed by atoms with E-state index in [1.165, 1.54) is 12.1 Å². The number of halogens is 1. The first-order valence-electron chi connectivity index (χ1n) is 9.02. The number of urea groups is 1. The molecule has 1 heterocycles. The highest BCUT2D eigenvalue weighted by atomic mass is 19.1. The molecule has 0 aliphatic carbocycles. The molecule has 1 aliphatic heterocycles. The summed E-state index contributed by atoms with van der Waals surface area (Å²) in [5.41, 5.74) is 0.472. The number of nitrogens with one attached hydrogen (secondary N) is 2. The molecule has 1 aliphatic rings. The Labute approximate surface area is 149 Å². The lowest BCUT2D eigenvalue weighted by Gasteiger charge is -2.32. The van der Waals surface area contributed by atoms with Gasteiger partial charge in [0, 0.05) is 31.7 Å². The summed E-state index contributed by atoms with van der Waals surface area (Å²) in [6.07, 6.45) is 3.37. The minimum absolute atomic E-state index is 0.113. The Morgan fingerprint density at radius 1 is 1.28 bits per heavy atom. The molecule has 25 heavy (non-hydrogen) atoms. The van der Waals surface area contributed by atoms with Gasteiger partial charge in [0.2, 0.25) is 5.91 Å². The van der Waals surface area contributed by atoms with Gasteiger partial charge in [-0.25, -0.2) is 9.18 Å². The van der Waals surface area contributed by atoms with Crippen LogP contribution in [0, 0.1) is 17.7 Å². The van der Waals surface area contributed by atoms with Crippen LogP contribution in [0.3, 0.4) is 0 Å². The van der Waals surface area contributed by atoms with E-state index < -0.39 is 0 Å². The number of benzene rings is 1. The fourth-order valence-corrected chi connectivity index (χ4v) is 3.05. The minimum Gasteiger partial charge on any atom is -0.356 e. The third kappa shape index (κ3) is 6.72. The lowest BCUT2D eigenvalue weighted by Crippen LogP contribution is -2.41. The average molecular weight is 349 g/mol. The van der Waals surface area contributed by atoms with E-state index in [1.807, 2.05) is 13.8 Å². The largest absolute Gasteiger partial charge is 0.356 e. The molecule has 0 atom stereocenters. The SMILES string of the molecule is CC(C)CC(=O)NCCC1CCN(C(=O)Nc2cccc(F)c2)CC1. The van der Waals surface area contributed by atoms with E-state index in [1.54, 1.807) is 17.0 Å². The standard InChI is InChI=1S/C19H28FN3O2/c1-14(2)12-18(24)21-9-6-15-7-10-23(11-8-15)19(25)22-17-5-3-4-16(20)13-17/h3-5,13-15H,6-12H2,1-2H3,(H,21,24)(H,22,25). The summed E-state index contributed by atoms with van der Waals surface area (Å²) < 4.78 is 13.2. The Bertz CT molecular complexity index is 584. The maximum Gasteiger partial charge on any atom is 0.321 e. The lowest BCUT2D eigenvalue weighted by molar-refractivity contribution is -0.121. The van der Waals surface area contributed by atoms with Crippen molar-refractivity contribution in [3.63, 3.8) is 0 Å². The second-order valence-electron chi connectivity index (χ2n) is 7.11. The number of likely N-dealkylation sites (tertiary alicyclic amines) is 1. The first-order valence-corrected chi connectivity index (χ1v) is 9.02. The smallest absolute Gasteiger partial charge is 0.321 e. The molecule has 1 aromatic rings. The first kappa shape index (κ1) is 19.2. The van der Waals surface area contributed by atoms with E-state index in [0.717, 1.165) is 19.3 Å². The molecule has 1 saturated heterocycles. The fraction of sp³-hybridized carbons (Fsp3) is 0.579. The second-order valence-corrected chi connectivity index (χ2v) is 7.11. The highest BCUT2D eigenvalue weighted by Gasteiger charge is 2.22. The number of carbonyl (C=O) groups is 2. The molecular formula is C19H28FN3O2. The van der Waals surface area contributed by atoms with E-state index in [4.69, 9.17) is 0 Å². The summed E-state index contributed by atoms with van der Waals surface area (Å²) in [4.78, 5) is 25.6. The van der Waals surface area contributed by atoms with Crippen molar-refractivity contribution in [2.24, 2.45) is 11.8 Å². The number of hydrogen-bond donors (Lipinski definition) is 2. The molecule has 0 bridgehead atoms. The van der Waals surface area contributed by atoms with Gasteiger partial charge in [-0.15, -0.1) is 0 Å². The van der Waals surface area contributed by atoms with Crippen LogP contribution in [0.2, 0.25) is 0 Å². The Hall–Kier alpha value is -2.11.